The molecule has 3 heteroatoms. The van der Waals surface area contributed by atoms with E-state index in [1.54, 1.807) is 7.11 Å². The SMILES string of the molecule is COc1ccc(Br)c(CC2(N)CCCCC2(C)C)c1. The summed E-state index contributed by atoms with van der Waals surface area (Å²) in [6.45, 7) is 4.61. The Morgan fingerprint density at radius 3 is 2.58 bits per heavy atom. The van der Waals surface area contributed by atoms with Crippen molar-refractivity contribution in [1.29, 1.82) is 0 Å². The molecule has 1 saturated carbocycles. The van der Waals surface area contributed by atoms with Crippen molar-refractivity contribution in [3.05, 3.63) is 28.2 Å². The summed E-state index contributed by atoms with van der Waals surface area (Å²) < 4.78 is 6.45. The lowest BCUT2D eigenvalue weighted by molar-refractivity contribution is 0.0988. The maximum absolute atomic E-state index is 6.77. The normalized spacial score (nSPS) is 26.2. The van der Waals surface area contributed by atoms with E-state index < -0.39 is 0 Å². The van der Waals surface area contributed by atoms with Gasteiger partial charge in [0.15, 0.2) is 0 Å². The van der Waals surface area contributed by atoms with Crippen LogP contribution in [0.15, 0.2) is 22.7 Å². The van der Waals surface area contributed by atoms with Gasteiger partial charge in [0, 0.05) is 10.0 Å². The smallest absolute Gasteiger partial charge is 0.119 e. The Bertz CT molecular complexity index is 458. The fraction of sp³-hybridized carbons (Fsp3) is 0.625. The topological polar surface area (TPSA) is 35.2 Å². The molecule has 2 rings (SSSR count). The zero-order valence-electron chi connectivity index (χ0n) is 12.1. The van der Waals surface area contributed by atoms with Gasteiger partial charge in [-0.2, -0.15) is 0 Å². The standard InChI is InChI=1S/C16H24BrNO/c1-15(2)8-4-5-9-16(15,18)11-12-10-13(19-3)6-7-14(12)17/h6-7,10H,4-5,8-9,11,18H2,1-3H3. The Balaban J connectivity index is 2.28. The maximum Gasteiger partial charge on any atom is 0.119 e. The number of nitrogens with two attached hydrogens (primary N) is 1. The minimum absolute atomic E-state index is 0.125. The number of halogens is 1. The van der Waals surface area contributed by atoms with Gasteiger partial charge in [0.2, 0.25) is 0 Å². The molecule has 19 heavy (non-hydrogen) atoms. The third-order valence-corrected chi connectivity index (χ3v) is 5.55. The Kier molecular flexibility index (Phi) is 4.26. The molecule has 1 aromatic carbocycles. The molecule has 1 aromatic rings. The molecule has 106 valence electrons. The molecule has 0 bridgehead atoms. The quantitative estimate of drug-likeness (QED) is 0.899. The van der Waals surface area contributed by atoms with Crippen LogP contribution in [0.1, 0.15) is 45.1 Å². The molecule has 1 fully saturated rings. The minimum atomic E-state index is -0.125. The van der Waals surface area contributed by atoms with E-state index in [1.165, 1.54) is 24.8 Å². The summed E-state index contributed by atoms with van der Waals surface area (Å²) in [5.41, 5.74) is 8.08. The molecule has 2 nitrogen and oxygen atoms in total. The second kappa shape index (κ2) is 5.45. The van der Waals surface area contributed by atoms with Gasteiger partial charge in [-0.3, -0.25) is 0 Å². The first-order valence-electron chi connectivity index (χ1n) is 6.99. The minimum Gasteiger partial charge on any atom is -0.497 e. The highest BCUT2D eigenvalue weighted by molar-refractivity contribution is 9.10. The van der Waals surface area contributed by atoms with Crippen molar-refractivity contribution in [3.63, 3.8) is 0 Å². The summed E-state index contributed by atoms with van der Waals surface area (Å²) in [4.78, 5) is 0. The number of methoxy groups -OCH3 is 1. The summed E-state index contributed by atoms with van der Waals surface area (Å²) in [7, 11) is 1.70. The van der Waals surface area contributed by atoms with Crippen molar-refractivity contribution in [2.45, 2.75) is 51.5 Å². The van der Waals surface area contributed by atoms with E-state index in [4.69, 9.17) is 10.5 Å². The van der Waals surface area contributed by atoms with E-state index >= 15 is 0 Å². The summed E-state index contributed by atoms with van der Waals surface area (Å²) in [5, 5.41) is 0. The Morgan fingerprint density at radius 2 is 1.95 bits per heavy atom. The third-order valence-electron chi connectivity index (χ3n) is 4.78. The van der Waals surface area contributed by atoms with Gasteiger partial charge >= 0.3 is 0 Å². The van der Waals surface area contributed by atoms with Crippen LogP contribution >= 0.6 is 15.9 Å². The monoisotopic (exact) mass is 325 g/mol. The fourth-order valence-corrected chi connectivity index (χ4v) is 3.46. The van der Waals surface area contributed by atoms with E-state index in [0.717, 1.165) is 23.1 Å². The first kappa shape index (κ1) is 14.9. The van der Waals surface area contributed by atoms with Crippen LogP contribution in [-0.2, 0) is 6.42 Å². The predicted octanol–water partition coefficient (Wildman–Crippen LogP) is 4.30. The highest BCUT2D eigenvalue weighted by Gasteiger charge is 2.43. The van der Waals surface area contributed by atoms with Crippen molar-refractivity contribution in [2.24, 2.45) is 11.1 Å². The molecule has 0 aliphatic heterocycles. The fourth-order valence-electron chi connectivity index (χ4n) is 3.08. The van der Waals surface area contributed by atoms with Crippen LogP contribution < -0.4 is 10.5 Å². The zero-order chi connectivity index (χ0) is 14.1. The van der Waals surface area contributed by atoms with E-state index in [2.05, 4.69) is 35.8 Å². The number of ether oxygens (including phenoxy) is 1. The number of hydrogen-bond acceptors (Lipinski definition) is 2. The summed E-state index contributed by atoms with van der Waals surface area (Å²) in [6, 6.07) is 6.12. The average Bonchev–Trinajstić information content (AvgIpc) is 2.36. The zero-order valence-corrected chi connectivity index (χ0v) is 13.7. The van der Waals surface area contributed by atoms with Gasteiger partial charge in [-0.15, -0.1) is 0 Å². The molecule has 0 amide bonds. The molecule has 2 N–H and O–H groups in total. The van der Waals surface area contributed by atoms with Crippen molar-refractivity contribution < 1.29 is 4.74 Å². The highest BCUT2D eigenvalue weighted by atomic mass is 79.9. The molecular formula is C16H24BrNO. The second-order valence-corrected chi connectivity index (χ2v) is 7.24. The number of benzene rings is 1. The first-order valence-corrected chi connectivity index (χ1v) is 7.79. The average molecular weight is 326 g/mol. The van der Waals surface area contributed by atoms with Crippen molar-refractivity contribution in [1.82, 2.24) is 0 Å². The molecule has 0 aromatic heterocycles. The van der Waals surface area contributed by atoms with Crippen LogP contribution in [0.4, 0.5) is 0 Å². The van der Waals surface area contributed by atoms with Gasteiger partial charge in [0.25, 0.3) is 0 Å². The van der Waals surface area contributed by atoms with Crippen molar-refractivity contribution in [2.75, 3.05) is 7.11 Å². The van der Waals surface area contributed by atoms with E-state index in [0.29, 0.717) is 0 Å². The van der Waals surface area contributed by atoms with Gasteiger partial charge in [-0.25, -0.2) is 0 Å². The van der Waals surface area contributed by atoms with Gasteiger partial charge in [-0.1, -0.05) is 42.6 Å². The molecule has 0 radical (unpaired) electrons. The molecular weight excluding hydrogens is 302 g/mol. The van der Waals surface area contributed by atoms with Gasteiger partial charge < -0.3 is 10.5 Å². The number of rotatable bonds is 3. The van der Waals surface area contributed by atoms with Gasteiger partial charge in [0.05, 0.1) is 7.11 Å². The highest BCUT2D eigenvalue weighted by Crippen LogP contribution is 2.44. The lowest BCUT2D eigenvalue weighted by atomic mass is 9.61. The third kappa shape index (κ3) is 2.97. The molecule has 1 aliphatic rings. The van der Waals surface area contributed by atoms with E-state index in [1.807, 2.05) is 12.1 Å². The van der Waals surface area contributed by atoms with Crippen molar-refractivity contribution >= 4 is 15.9 Å². The van der Waals surface area contributed by atoms with Crippen LogP contribution in [0.3, 0.4) is 0 Å². The van der Waals surface area contributed by atoms with Crippen LogP contribution in [0, 0.1) is 5.41 Å². The lowest BCUT2D eigenvalue weighted by Crippen LogP contribution is -2.56. The Hall–Kier alpha value is -0.540. The molecule has 1 aliphatic carbocycles. The van der Waals surface area contributed by atoms with Crippen LogP contribution in [0.5, 0.6) is 5.75 Å². The molecule has 1 atom stereocenters. The van der Waals surface area contributed by atoms with Gasteiger partial charge in [-0.05, 0) is 48.4 Å². The second-order valence-electron chi connectivity index (χ2n) is 6.38. The Morgan fingerprint density at radius 1 is 1.26 bits per heavy atom. The predicted molar refractivity (Wildman–Crippen MR) is 83.6 cm³/mol. The molecule has 0 spiro atoms. The number of hydrogen-bond donors (Lipinski definition) is 1. The summed E-state index contributed by atoms with van der Waals surface area (Å²) in [5.74, 6) is 0.899. The summed E-state index contributed by atoms with van der Waals surface area (Å²) >= 11 is 3.64. The van der Waals surface area contributed by atoms with Crippen LogP contribution in [-0.4, -0.2) is 12.6 Å². The van der Waals surface area contributed by atoms with Crippen LogP contribution in [0.25, 0.3) is 0 Å². The molecule has 0 saturated heterocycles. The summed E-state index contributed by atoms with van der Waals surface area (Å²) in [6.07, 6.45) is 5.75. The maximum atomic E-state index is 6.77. The molecule has 0 heterocycles. The van der Waals surface area contributed by atoms with E-state index in [-0.39, 0.29) is 11.0 Å². The van der Waals surface area contributed by atoms with Crippen molar-refractivity contribution in [3.8, 4) is 5.75 Å². The van der Waals surface area contributed by atoms with Gasteiger partial charge in [0.1, 0.15) is 5.75 Å². The first-order chi connectivity index (χ1) is 8.88. The largest absolute Gasteiger partial charge is 0.497 e. The van der Waals surface area contributed by atoms with Crippen LogP contribution in [0.2, 0.25) is 0 Å². The lowest BCUT2D eigenvalue weighted by Gasteiger charge is -2.48. The molecule has 1 unspecified atom stereocenters. The Labute approximate surface area is 124 Å². The van der Waals surface area contributed by atoms with E-state index in [9.17, 15) is 0 Å².